The Hall–Kier alpha value is -2.17. The van der Waals surface area contributed by atoms with Crippen LogP contribution in [0.5, 0.6) is 0 Å². The number of nitrogens with zero attached hydrogens (tertiary/aromatic N) is 1. The number of Topliss-reactive ketones (excluding diaryl/α,β-unsaturated/α-hetero) is 1. The first-order valence-electron chi connectivity index (χ1n) is 6.64. The molecule has 1 aliphatic heterocycles. The molecule has 3 rings (SSSR count). The number of carbonyl (C=O) groups is 2. The smallest absolute Gasteiger partial charge is 0.322 e. The molecule has 2 amide bonds. The van der Waals surface area contributed by atoms with Crippen LogP contribution in [0.25, 0.3) is 0 Å². The number of allylic oxidation sites excluding steroid dienone is 1. The minimum Gasteiger partial charge on any atom is -0.327 e. The summed E-state index contributed by atoms with van der Waals surface area (Å²) in [4.78, 5) is 25.7. The molecule has 20 heavy (non-hydrogen) atoms. The Bertz CT molecular complexity index is 624. The van der Waals surface area contributed by atoms with Crippen LogP contribution in [0.15, 0.2) is 35.5 Å². The van der Waals surface area contributed by atoms with Crippen molar-refractivity contribution < 1.29 is 14.0 Å². The average molecular weight is 274 g/mol. The van der Waals surface area contributed by atoms with Gasteiger partial charge in [0.15, 0.2) is 5.78 Å². The van der Waals surface area contributed by atoms with Crippen LogP contribution in [-0.4, -0.2) is 23.8 Å². The first kappa shape index (κ1) is 12.8. The molecule has 4 nitrogen and oxygen atoms in total. The molecular weight excluding hydrogens is 259 g/mol. The molecule has 2 aliphatic rings. The fraction of sp³-hybridized carbons (Fsp3) is 0.333. The van der Waals surface area contributed by atoms with Gasteiger partial charge in [-0.05, 0) is 30.5 Å². The van der Waals surface area contributed by atoms with E-state index in [1.165, 1.54) is 17.0 Å². The second-order valence-corrected chi connectivity index (χ2v) is 5.13. The van der Waals surface area contributed by atoms with Gasteiger partial charge >= 0.3 is 6.03 Å². The lowest BCUT2D eigenvalue weighted by Crippen LogP contribution is -2.47. The topological polar surface area (TPSA) is 49.4 Å². The van der Waals surface area contributed by atoms with E-state index in [-0.39, 0.29) is 17.6 Å². The summed E-state index contributed by atoms with van der Waals surface area (Å²) in [6.45, 7) is 0. The maximum absolute atomic E-state index is 13.4. The summed E-state index contributed by atoms with van der Waals surface area (Å²) in [6.07, 6.45) is 1.94. The summed E-state index contributed by atoms with van der Waals surface area (Å²) in [5.74, 6) is -0.339. The molecule has 0 fully saturated rings. The number of amides is 2. The standard InChI is InChI=1S/C15H15FN2O2/c1-18-11-6-3-7-12(19)13(11)14(17-15(18)20)9-4-2-5-10(16)8-9/h2,4-5,8,14H,3,6-7H2,1H3,(H,17,20)/t14-/m0/s1. The van der Waals surface area contributed by atoms with Crippen molar-refractivity contribution in [2.75, 3.05) is 7.05 Å². The monoisotopic (exact) mass is 274 g/mol. The SMILES string of the molecule is CN1C(=O)N[C@@H](c2cccc(F)c2)C2=C1CCCC2=O. The summed E-state index contributed by atoms with van der Waals surface area (Å²) >= 11 is 0. The molecule has 0 unspecified atom stereocenters. The van der Waals surface area contributed by atoms with Crippen LogP contribution in [-0.2, 0) is 4.79 Å². The number of nitrogens with one attached hydrogen (secondary N) is 1. The number of halogens is 1. The van der Waals surface area contributed by atoms with Gasteiger partial charge < -0.3 is 10.2 Å². The summed E-state index contributed by atoms with van der Waals surface area (Å²) in [7, 11) is 1.66. The Labute approximate surface area is 116 Å². The third-order valence-electron chi connectivity index (χ3n) is 3.88. The lowest BCUT2D eigenvalue weighted by atomic mass is 9.85. The molecule has 1 N–H and O–H groups in total. The molecule has 0 aromatic heterocycles. The van der Waals surface area contributed by atoms with Crippen molar-refractivity contribution in [3.05, 3.63) is 46.9 Å². The van der Waals surface area contributed by atoms with E-state index in [9.17, 15) is 14.0 Å². The average Bonchev–Trinajstić information content (AvgIpc) is 2.43. The van der Waals surface area contributed by atoms with Crippen LogP contribution in [0, 0.1) is 5.82 Å². The molecule has 1 aromatic rings. The summed E-state index contributed by atoms with van der Waals surface area (Å²) < 4.78 is 13.4. The highest BCUT2D eigenvalue weighted by Crippen LogP contribution is 2.36. The highest BCUT2D eigenvalue weighted by molar-refractivity contribution is 6.00. The van der Waals surface area contributed by atoms with Gasteiger partial charge in [0.2, 0.25) is 0 Å². The number of carbonyl (C=O) groups excluding carboxylic acids is 2. The fourth-order valence-corrected chi connectivity index (χ4v) is 2.87. The van der Waals surface area contributed by atoms with Crippen molar-refractivity contribution in [3.63, 3.8) is 0 Å². The van der Waals surface area contributed by atoms with Gasteiger partial charge in [-0.3, -0.25) is 4.79 Å². The lowest BCUT2D eigenvalue weighted by molar-refractivity contribution is -0.116. The fourth-order valence-electron chi connectivity index (χ4n) is 2.87. The number of benzene rings is 1. The van der Waals surface area contributed by atoms with Crippen molar-refractivity contribution >= 4 is 11.8 Å². The van der Waals surface area contributed by atoms with E-state index in [1.54, 1.807) is 19.2 Å². The van der Waals surface area contributed by atoms with Gasteiger partial charge in [-0.1, -0.05) is 12.1 Å². The molecule has 1 aromatic carbocycles. The van der Waals surface area contributed by atoms with Crippen LogP contribution in [0.2, 0.25) is 0 Å². The van der Waals surface area contributed by atoms with Crippen LogP contribution in [0.3, 0.4) is 0 Å². The predicted molar refractivity (Wildman–Crippen MR) is 71.3 cm³/mol. The van der Waals surface area contributed by atoms with Gasteiger partial charge in [-0.2, -0.15) is 0 Å². The van der Waals surface area contributed by atoms with E-state index in [1.807, 2.05) is 0 Å². The number of hydrogen-bond acceptors (Lipinski definition) is 2. The van der Waals surface area contributed by atoms with Crippen LogP contribution < -0.4 is 5.32 Å². The summed E-state index contributed by atoms with van der Waals surface area (Å²) in [6, 6.07) is 5.22. The Morgan fingerprint density at radius 1 is 1.30 bits per heavy atom. The molecule has 0 saturated heterocycles. The quantitative estimate of drug-likeness (QED) is 0.855. The van der Waals surface area contributed by atoms with Crippen molar-refractivity contribution in [2.24, 2.45) is 0 Å². The highest BCUT2D eigenvalue weighted by atomic mass is 19.1. The first-order valence-corrected chi connectivity index (χ1v) is 6.64. The molecule has 1 aliphatic carbocycles. The summed E-state index contributed by atoms with van der Waals surface area (Å²) in [5, 5.41) is 2.78. The van der Waals surface area contributed by atoms with E-state index >= 15 is 0 Å². The van der Waals surface area contributed by atoms with Crippen molar-refractivity contribution in [2.45, 2.75) is 25.3 Å². The molecule has 1 heterocycles. The normalized spacial score (nSPS) is 22.7. The van der Waals surface area contributed by atoms with Gasteiger partial charge in [-0.15, -0.1) is 0 Å². The summed E-state index contributed by atoms with van der Waals surface area (Å²) in [5.41, 5.74) is 1.97. The van der Waals surface area contributed by atoms with E-state index in [4.69, 9.17) is 0 Å². The minimum atomic E-state index is -0.544. The second kappa shape index (κ2) is 4.74. The molecule has 0 radical (unpaired) electrons. The largest absolute Gasteiger partial charge is 0.327 e. The molecule has 5 heteroatoms. The van der Waals surface area contributed by atoms with Gasteiger partial charge in [0.25, 0.3) is 0 Å². The van der Waals surface area contributed by atoms with E-state index in [2.05, 4.69) is 5.32 Å². The molecule has 104 valence electrons. The predicted octanol–water partition coefficient (Wildman–Crippen LogP) is 2.53. The maximum Gasteiger partial charge on any atom is 0.322 e. The molecule has 0 bridgehead atoms. The van der Waals surface area contributed by atoms with Crippen LogP contribution in [0.4, 0.5) is 9.18 Å². The molecule has 0 saturated carbocycles. The Morgan fingerprint density at radius 3 is 2.85 bits per heavy atom. The van der Waals surface area contributed by atoms with Gasteiger partial charge in [0.05, 0.1) is 6.04 Å². The van der Waals surface area contributed by atoms with E-state index < -0.39 is 6.04 Å². The third-order valence-corrected chi connectivity index (χ3v) is 3.88. The zero-order valence-electron chi connectivity index (χ0n) is 11.1. The zero-order chi connectivity index (χ0) is 14.3. The number of hydrogen-bond donors (Lipinski definition) is 1. The molecule has 0 spiro atoms. The van der Waals surface area contributed by atoms with Crippen LogP contribution in [0.1, 0.15) is 30.9 Å². The maximum atomic E-state index is 13.4. The second-order valence-electron chi connectivity index (χ2n) is 5.13. The number of urea groups is 1. The molecule has 1 atom stereocenters. The Balaban J connectivity index is 2.12. The minimum absolute atomic E-state index is 0.0346. The molecular formula is C15H15FN2O2. The third kappa shape index (κ3) is 1.99. The van der Waals surface area contributed by atoms with Gasteiger partial charge in [0.1, 0.15) is 5.82 Å². The van der Waals surface area contributed by atoms with Crippen molar-refractivity contribution in [3.8, 4) is 0 Å². The van der Waals surface area contributed by atoms with Gasteiger partial charge in [0, 0.05) is 24.7 Å². The lowest BCUT2D eigenvalue weighted by Gasteiger charge is -2.37. The Kier molecular flexibility index (Phi) is 3.04. The first-order chi connectivity index (χ1) is 9.58. The van der Waals surface area contributed by atoms with Crippen molar-refractivity contribution in [1.82, 2.24) is 10.2 Å². The highest BCUT2D eigenvalue weighted by Gasteiger charge is 2.37. The zero-order valence-corrected chi connectivity index (χ0v) is 11.1. The number of rotatable bonds is 1. The van der Waals surface area contributed by atoms with E-state index in [0.29, 0.717) is 24.0 Å². The van der Waals surface area contributed by atoms with Gasteiger partial charge in [-0.25, -0.2) is 9.18 Å². The number of ketones is 1. The van der Waals surface area contributed by atoms with Crippen LogP contribution >= 0.6 is 0 Å². The van der Waals surface area contributed by atoms with Crippen molar-refractivity contribution in [1.29, 1.82) is 0 Å². The van der Waals surface area contributed by atoms with E-state index in [0.717, 1.165) is 12.1 Å². The Morgan fingerprint density at radius 2 is 2.10 bits per heavy atom.